The van der Waals surface area contributed by atoms with Crippen molar-refractivity contribution in [2.24, 2.45) is 0 Å². The molecule has 0 saturated heterocycles. The van der Waals surface area contributed by atoms with Crippen LogP contribution in [0.4, 0.5) is 10.1 Å². The lowest BCUT2D eigenvalue weighted by molar-refractivity contribution is -0.116. The highest BCUT2D eigenvalue weighted by atomic mass is 19.1. The SMILES string of the molecule is CCNCCC(=O)Nc1ccc(O)c(F)c1. The van der Waals surface area contributed by atoms with Gasteiger partial charge in [0.15, 0.2) is 11.6 Å². The van der Waals surface area contributed by atoms with Crippen LogP contribution in [-0.4, -0.2) is 24.1 Å². The molecule has 1 aromatic rings. The van der Waals surface area contributed by atoms with Crippen LogP contribution in [-0.2, 0) is 4.79 Å². The van der Waals surface area contributed by atoms with E-state index in [0.717, 1.165) is 12.6 Å². The van der Waals surface area contributed by atoms with E-state index in [1.807, 2.05) is 6.92 Å². The number of benzene rings is 1. The Hall–Kier alpha value is -1.62. The van der Waals surface area contributed by atoms with Crippen molar-refractivity contribution in [1.29, 1.82) is 0 Å². The minimum atomic E-state index is -0.746. The summed E-state index contributed by atoms with van der Waals surface area (Å²) >= 11 is 0. The second-order valence-corrected chi connectivity index (χ2v) is 3.32. The normalized spacial score (nSPS) is 10.1. The number of aromatic hydroxyl groups is 1. The number of hydrogen-bond donors (Lipinski definition) is 3. The molecule has 0 bridgehead atoms. The molecule has 0 fully saturated rings. The molecule has 0 radical (unpaired) electrons. The highest BCUT2D eigenvalue weighted by Crippen LogP contribution is 2.19. The summed E-state index contributed by atoms with van der Waals surface area (Å²) < 4.78 is 12.9. The van der Waals surface area contributed by atoms with Gasteiger partial charge in [-0.3, -0.25) is 4.79 Å². The zero-order valence-electron chi connectivity index (χ0n) is 9.09. The molecule has 0 heterocycles. The average molecular weight is 226 g/mol. The molecule has 5 heteroatoms. The summed E-state index contributed by atoms with van der Waals surface area (Å²) in [5, 5.41) is 14.5. The molecular formula is C11H15FN2O2. The van der Waals surface area contributed by atoms with Crippen LogP contribution in [0.1, 0.15) is 13.3 Å². The molecule has 88 valence electrons. The van der Waals surface area contributed by atoms with E-state index in [1.54, 1.807) is 0 Å². The highest BCUT2D eigenvalue weighted by molar-refractivity contribution is 5.90. The average Bonchev–Trinajstić information content (AvgIpc) is 2.24. The van der Waals surface area contributed by atoms with Crippen molar-refractivity contribution in [2.75, 3.05) is 18.4 Å². The summed E-state index contributed by atoms with van der Waals surface area (Å²) in [5.74, 6) is -1.36. The van der Waals surface area contributed by atoms with E-state index in [4.69, 9.17) is 5.11 Å². The van der Waals surface area contributed by atoms with Crippen LogP contribution in [0.2, 0.25) is 0 Å². The van der Waals surface area contributed by atoms with E-state index in [9.17, 15) is 9.18 Å². The lowest BCUT2D eigenvalue weighted by Crippen LogP contribution is -2.21. The lowest BCUT2D eigenvalue weighted by atomic mass is 10.2. The molecule has 0 spiro atoms. The number of carbonyl (C=O) groups is 1. The van der Waals surface area contributed by atoms with Crippen molar-refractivity contribution in [2.45, 2.75) is 13.3 Å². The zero-order chi connectivity index (χ0) is 12.0. The second-order valence-electron chi connectivity index (χ2n) is 3.32. The summed E-state index contributed by atoms with van der Waals surface area (Å²) in [5.41, 5.74) is 0.344. The largest absolute Gasteiger partial charge is 0.505 e. The number of rotatable bonds is 5. The fraction of sp³-hybridized carbons (Fsp3) is 0.364. The van der Waals surface area contributed by atoms with E-state index in [-0.39, 0.29) is 5.91 Å². The smallest absolute Gasteiger partial charge is 0.225 e. The first-order valence-corrected chi connectivity index (χ1v) is 5.12. The molecule has 3 N–H and O–H groups in total. The van der Waals surface area contributed by atoms with Crippen LogP contribution in [0.15, 0.2) is 18.2 Å². The monoisotopic (exact) mass is 226 g/mol. The number of halogens is 1. The summed E-state index contributed by atoms with van der Waals surface area (Å²) in [4.78, 5) is 11.3. The Morgan fingerprint density at radius 2 is 2.25 bits per heavy atom. The van der Waals surface area contributed by atoms with Crippen molar-refractivity contribution >= 4 is 11.6 Å². The van der Waals surface area contributed by atoms with E-state index in [1.165, 1.54) is 12.1 Å². The Balaban J connectivity index is 2.46. The predicted molar refractivity (Wildman–Crippen MR) is 59.9 cm³/mol. The third-order valence-electron chi connectivity index (χ3n) is 2.01. The van der Waals surface area contributed by atoms with Gasteiger partial charge in [-0.1, -0.05) is 6.92 Å². The first-order valence-electron chi connectivity index (χ1n) is 5.12. The van der Waals surface area contributed by atoms with Gasteiger partial charge in [-0.25, -0.2) is 4.39 Å². The van der Waals surface area contributed by atoms with Crippen LogP contribution >= 0.6 is 0 Å². The fourth-order valence-electron chi connectivity index (χ4n) is 1.19. The lowest BCUT2D eigenvalue weighted by Gasteiger charge is -2.06. The second kappa shape index (κ2) is 6.07. The van der Waals surface area contributed by atoms with Gasteiger partial charge >= 0.3 is 0 Å². The predicted octanol–water partition coefficient (Wildman–Crippen LogP) is 1.47. The van der Waals surface area contributed by atoms with Gasteiger partial charge in [0.1, 0.15) is 0 Å². The van der Waals surface area contributed by atoms with Gasteiger partial charge in [0.2, 0.25) is 5.91 Å². The van der Waals surface area contributed by atoms with Gasteiger partial charge < -0.3 is 15.7 Å². The third kappa shape index (κ3) is 3.86. The van der Waals surface area contributed by atoms with Crippen LogP contribution in [0.5, 0.6) is 5.75 Å². The van der Waals surface area contributed by atoms with Gasteiger partial charge in [-0.05, 0) is 18.7 Å². The minimum absolute atomic E-state index is 0.189. The van der Waals surface area contributed by atoms with Crippen LogP contribution < -0.4 is 10.6 Å². The molecule has 0 aliphatic heterocycles. The van der Waals surface area contributed by atoms with Gasteiger partial charge in [0, 0.05) is 24.7 Å². The van der Waals surface area contributed by atoms with E-state index in [2.05, 4.69) is 10.6 Å². The van der Waals surface area contributed by atoms with Crippen molar-refractivity contribution in [3.63, 3.8) is 0 Å². The number of phenolic OH excluding ortho intramolecular Hbond substituents is 1. The Bertz CT molecular complexity index is 369. The van der Waals surface area contributed by atoms with Gasteiger partial charge in [-0.2, -0.15) is 0 Å². The van der Waals surface area contributed by atoms with Crippen molar-refractivity contribution in [3.05, 3.63) is 24.0 Å². The van der Waals surface area contributed by atoms with E-state index in [0.29, 0.717) is 18.7 Å². The maximum absolute atomic E-state index is 12.9. The summed E-state index contributed by atoms with van der Waals surface area (Å²) in [6.45, 7) is 3.34. The Morgan fingerprint density at radius 1 is 1.50 bits per heavy atom. The summed E-state index contributed by atoms with van der Waals surface area (Å²) in [7, 11) is 0. The molecule has 4 nitrogen and oxygen atoms in total. The molecule has 1 amide bonds. The van der Waals surface area contributed by atoms with Crippen molar-refractivity contribution in [3.8, 4) is 5.75 Å². The quantitative estimate of drug-likeness (QED) is 0.526. The first kappa shape index (κ1) is 12.4. The zero-order valence-corrected chi connectivity index (χ0v) is 9.09. The maximum Gasteiger partial charge on any atom is 0.225 e. The Kier molecular flexibility index (Phi) is 4.72. The molecule has 1 aromatic carbocycles. The van der Waals surface area contributed by atoms with Gasteiger partial charge in [0.25, 0.3) is 0 Å². The minimum Gasteiger partial charge on any atom is -0.505 e. The van der Waals surface area contributed by atoms with Crippen LogP contribution in [0, 0.1) is 5.82 Å². The Labute approximate surface area is 93.5 Å². The number of amides is 1. The third-order valence-corrected chi connectivity index (χ3v) is 2.01. The van der Waals surface area contributed by atoms with Crippen molar-refractivity contribution < 1.29 is 14.3 Å². The number of phenols is 1. The molecule has 0 aromatic heterocycles. The fourth-order valence-corrected chi connectivity index (χ4v) is 1.19. The first-order chi connectivity index (χ1) is 7.63. The van der Waals surface area contributed by atoms with E-state index >= 15 is 0 Å². The molecule has 0 unspecified atom stereocenters. The van der Waals surface area contributed by atoms with Crippen molar-refractivity contribution in [1.82, 2.24) is 5.32 Å². The molecular weight excluding hydrogens is 211 g/mol. The molecule has 0 atom stereocenters. The number of hydrogen-bond acceptors (Lipinski definition) is 3. The van der Waals surface area contributed by atoms with Crippen LogP contribution in [0.25, 0.3) is 0 Å². The highest BCUT2D eigenvalue weighted by Gasteiger charge is 2.05. The standard InChI is InChI=1S/C11H15FN2O2/c1-2-13-6-5-11(16)14-8-3-4-10(15)9(12)7-8/h3-4,7,13,15H,2,5-6H2,1H3,(H,14,16). The number of anilines is 1. The number of nitrogens with one attached hydrogen (secondary N) is 2. The molecule has 0 saturated carbocycles. The van der Waals surface area contributed by atoms with Gasteiger partial charge in [-0.15, -0.1) is 0 Å². The van der Waals surface area contributed by atoms with E-state index < -0.39 is 11.6 Å². The van der Waals surface area contributed by atoms with Crippen LogP contribution in [0.3, 0.4) is 0 Å². The summed E-state index contributed by atoms with van der Waals surface area (Å²) in [6.07, 6.45) is 0.330. The maximum atomic E-state index is 12.9. The Morgan fingerprint density at radius 3 is 2.88 bits per heavy atom. The molecule has 1 rings (SSSR count). The number of carbonyl (C=O) groups excluding carboxylic acids is 1. The molecule has 0 aliphatic rings. The summed E-state index contributed by atoms with van der Waals surface area (Å²) in [6, 6.07) is 3.74. The molecule has 16 heavy (non-hydrogen) atoms. The van der Waals surface area contributed by atoms with Gasteiger partial charge in [0.05, 0.1) is 0 Å². The topological polar surface area (TPSA) is 61.4 Å². The molecule has 0 aliphatic carbocycles.